The predicted octanol–water partition coefficient (Wildman–Crippen LogP) is 3.18. The fourth-order valence-electron chi connectivity index (χ4n) is 2.17. The third kappa shape index (κ3) is 3.13. The summed E-state index contributed by atoms with van der Waals surface area (Å²) in [7, 11) is 0. The lowest BCUT2D eigenvalue weighted by atomic mass is 10.1. The fraction of sp³-hybridized carbons (Fsp3) is 0.467. The molecule has 1 amide bonds. The van der Waals surface area contributed by atoms with Gasteiger partial charge in [-0.05, 0) is 25.5 Å². The van der Waals surface area contributed by atoms with E-state index in [4.69, 9.17) is 0 Å². The normalized spacial score (nSPS) is 14.3. The molecular weight excluding hydrogens is 238 g/mol. The van der Waals surface area contributed by atoms with Gasteiger partial charge >= 0.3 is 0 Å². The van der Waals surface area contributed by atoms with Gasteiger partial charge < -0.3 is 10.3 Å². The zero-order valence-electron chi connectivity index (χ0n) is 11.7. The third-order valence-electron chi connectivity index (χ3n) is 3.35. The number of aromatic amines is 1. The van der Waals surface area contributed by atoms with Crippen LogP contribution in [0.5, 0.6) is 0 Å². The molecule has 0 aliphatic carbocycles. The van der Waals surface area contributed by atoms with Crippen LogP contribution >= 0.6 is 0 Å². The Hall–Kier alpha value is -1.84. The van der Waals surface area contributed by atoms with Crippen LogP contribution in [0.25, 0.3) is 11.0 Å². The van der Waals surface area contributed by atoms with Gasteiger partial charge in [-0.3, -0.25) is 4.79 Å². The minimum atomic E-state index is -0.0980. The predicted molar refractivity (Wildman–Crippen MR) is 76.7 cm³/mol. The second kappa shape index (κ2) is 5.87. The van der Waals surface area contributed by atoms with Gasteiger partial charge in [-0.25, -0.2) is 4.98 Å². The summed E-state index contributed by atoms with van der Waals surface area (Å²) in [6.07, 6.45) is 1.94. The Labute approximate surface area is 113 Å². The highest BCUT2D eigenvalue weighted by Crippen LogP contribution is 2.16. The molecule has 2 atom stereocenters. The monoisotopic (exact) mass is 259 g/mol. The van der Waals surface area contributed by atoms with Crippen LogP contribution in [0.15, 0.2) is 24.3 Å². The largest absolute Gasteiger partial charge is 0.346 e. The van der Waals surface area contributed by atoms with E-state index in [1.54, 1.807) is 0 Å². The highest BCUT2D eigenvalue weighted by Gasteiger charge is 2.17. The number of nitrogens with zero attached hydrogens (tertiary/aromatic N) is 1. The van der Waals surface area contributed by atoms with E-state index >= 15 is 0 Å². The maximum absolute atomic E-state index is 12.0. The molecule has 2 rings (SSSR count). The van der Waals surface area contributed by atoms with Crippen LogP contribution in [0, 0.1) is 5.92 Å². The lowest BCUT2D eigenvalue weighted by Gasteiger charge is -2.15. The zero-order chi connectivity index (χ0) is 13.8. The van der Waals surface area contributed by atoms with Gasteiger partial charge in [0.1, 0.15) is 5.82 Å². The molecule has 4 heteroatoms. The topological polar surface area (TPSA) is 57.8 Å². The van der Waals surface area contributed by atoms with Gasteiger partial charge in [-0.15, -0.1) is 0 Å². The van der Waals surface area contributed by atoms with Crippen LogP contribution in [0.3, 0.4) is 0 Å². The van der Waals surface area contributed by atoms with Crippen LogP contribution < -0.4 is 5.32 Å². The SMILES string of the molecule is CCCC(C)C(=O)NC(C)c1nc2ccccc2[nH]1. The number of carbonyl (C=O) groups is 1. The van der Waals surface area contributed by atoms with Crippen molar-refractivity contribution in [1.82, 2.24) is 15.3 Å². The van der Waals surface area contributed by atoms with E-state index in [0.29, 0.717) is 0 Å². The Morgan fingerprint density at radius 2 is 2.11 bits per heavy atom. The van der Waals surface area contributed by atoms with Gasteiger partial charge in [0.15, 0.2) is 0 Å². The molecule has 0 aliphatic heterocycles. The molecule has 4 nitrogen and oxygen atoms in total. The molecule has 0 saturated carbocycles. The van der Waals surface area contributed by atoms with Crippen molar-refractivity contribution in [2.45, 2.75) is 39.7 Å². The minimum Gasteiger partial charge on any atom is -0.346 e. The average Bonchev–Trinajstić information content (AvgIpc) is 2.82. The summed E-state index contributed by atoms with van der Waals surface area (Å²) < 4.78 is 0. The molecule has 2 unspecified atom stereocenters. The number of hydrogen-bond acceptors (Lipinski definition) is 2. The van der Waals surface area contributed by atoms with Crippen LogP contribution in [0.4, 0.5) is 0 Å². The highest BCUT2D eigenvalue weighted by molar-refractivity contribution is 5.79. The van der Waals surface area contributed by atoms with Gasteiger partial charge in [0.2, 0.25) is 5.91 Å². The summed E-state index contributed by atoms with van der Waals surface area (Å²) in [5.74, 6) is 0.949. The number of rotatable bonds is 5. The number of para-hydroxylation sites is 2. The number of benzene rings is 1. The van der Waals surface area contributed by atoms with E-state index in [1.807, 2.05) is 38.1 Å². The lowest BCUT2D eigenvalue weighted by molar-refractivity contribution is -0.125. The number of H-pyrrole nitrogens is 1. The molecule has 0 radical (unpaired) electrons. The molecule has 0 saturated heterocycles. The Kier molecular flexibility index (Phi) is 4.20. The summed E-state index contributed by atoms with van der Waals surface area (Å²) >= 11 is 0. The molecule has 1 aromatic carbocycles. The maximum Gasteiger partial charge on any atom is 0.223 e. The second-order valence-electron chi connectivity index (χ2n) is 5.06. The van der Waals surface area contributed by atoms with Crippen LogP contribution in [0.2, 0.25) is 0 Å². The Morgan fingerprint density at radius 3 is 2.79 bits per heavy atom. The van der Waals surface area contributed by atoms with Crippen molar-refractivity contribution < 1.29 is 4.79 Å². The van der Waals surface area contributed by atoms with Crippen LogP contribution in [-0.4, -0.2) is 15.9 Å². The first-order chi connectivity index (χ1) is 9.11. The van der Waals surface area contributed by atoms with Crippen molar-refractivity contribution in [2.24, 2.45) is 5.92 Å². The average molecular weight is 259 g/mol. The summed E-state index contributed by atoms with van der Waals surface area (Å²) in [5.41, 5.74) is 1.93. The molecule has 0 spiro atoms. The number of hydrogen-bond donors (Lipinski definition) is 2. The van der Waals surface area contributed by atoms with Gasteiger partial charge in [0.05, 0.1) is 17.1 Å². The molecule has 1 aromatic heterocycles. The molecule has 0 fully saturated rings. The summed E-state index contributed by atoms with van der Waals surface area (Å²) in [5, 5.41) is 3.01. The molecule has 2 aromatic rings. The van der Waals surface area contributed by atoms with Gasteiger partial charge in [0.25, 0.3) is 0 Å². The van der Waals surface area contributed by atoms with Crippen molar-refractivity contribution in [2.75, 3.05) is 0 Å². The van der Waals surface area contributed by atoms with Gasteiger partial charge in [-0.1, -0.05) is 32.4 Å². The first-order valence-corrected chi connectivity index (χ1v) is 6.86. The quantitative estimate of drug-likeness (QED) is 0.866. The Bertz CT molecular complexity index is 528. The summed E-state index contributed by atoms with van der Waals surface area (Å²) in [6.45, 7) is 6.00. The van der Waals surface area contributed by atoms with Crippen molar-refractivity contribution >= 4 is 16.9 Å². The first kappa shape index (κ1) is 13.6. The van der Waals surface area contributed by atoms with E-state index in [1.165, 1.54) is 0 Å². The number of aromatic nitrogens is 2. The molecule has 0 aliphatic rings. The van der Waals surface area contributed by atoms with Crippen molar-refractivity contribution in [3.8, 4) is 0 Å². The van der Waals surface area contributed by atoms with Crippen LogP contribution in [0.1, 0.15) is 45.5 Å². The molecule has 102 valence electrons. The number of imidazole rings is 1. The Morgan fingerprint density at radius 1 is 1.37 bits per heavy atom. The minimum absolute atomic E-state index is 0.0526. The van der Waals surface area contributed by atoms with E-state index in [2.05, 4.69) is 22.2 Å². The number of nitrogens with one attached hydrogen (secondary N) is 2. The van der Waals surface area contributed by atoms with E-state index < -0.39 is 0 Å². The highest BCUT2D eigenvalue weighted by atomic mass is 16.1. The number of carbonyl (C=O) groups excluding carboxylic acids is 1. The van der Waals surface area contributed by atoms with Crippen molar-refractivity contribution in [3.05, 3.63) is 30.1 Å². The first-order valence-electron chi connectivity index (χ1n) is 6.86. The van der Waals surface area contributed by atoms with Gasteiger partial charge in [0, 0.05) is 5.92 Å². The van der Waals surface area contributed by atoms with Crippen molar-refractivity contribution in [3.63, 3.8) is 0 Å². The summed E-state index contributed by atoms with van der Waals surface area (Å²) in [6, 6.07) is 7.78. The molecule has 1 heterocycles. The smallest absolute Gasteiger partial charge is 0.223 e. The molecular formula is C15H21N3O. The number of amides is 1. The lowest BCUT2D eigenvalue weighted by Crippen LogP contribution is -2.32. The van der Waals surface area contributed by atoms with Crippen LogP contribution in [-0.2, 0) is 4.79 Å². The summed E-state index contributed by atoms with van der Waals surface area (Å²) in [4.78, 5) is 19.7. The fourth-order valence-corrected chi connectivity index (χ4v) is 2.17. The molecule has 2 N–H and O–H groups in total. The third-order valence-corrected chi connectivity index (χ3v) is 3.35. The standard InChI is InChI=1S/C15H21N3O/c1-4-7-10(2)15(19)16-11(3)14-17-12-8-5-6-9-13(12)18-14/h5-6,8-11H,4,7H2,1-3H3,(H,16,19)(H,17,18). The van der Waals surface area contributed by atoms with Gasteiger partial charge in [-0.2, -0.15) is 0 Å². The second-order valence-corrected chi connectivity index (χ2v) is 5.06. The Balaban J connectivity index is 2.07. The number of fused-ring (bicyclic) bond motifs is 1. The maximum atomic E-state index is 12.0. The van der Waals surface area contributed by atoms with Crippen molar-refractivity contribution in [1.29, 1.82) is 0 Å². The molecule has 19 heavy (non-hydrogen) atoms. The van der Waals surface area contributed by atoms with E-state index in [-0.39, 0.29) is 17.9 Å². The molecule has 0 bridgehead atoms. The van der Waals surface area contributed by atoms with E-state index in [0.717, 1.165) is 29.7 Å². The van der Waals surface area contributed by atoms with E-state index in [9.17, 15) is 4.79 Å². The zero-order valence-corrected chi connectivity index (χ0v) is 11.7.